The summed E-state index contributed by atoms with van der Waals surface area (Å²) in [6, 6.07) is 0.489. The molecule has 0 saturated carbocycles. The summed E-state index contributed by atoms with van der Waals surface area (Å²) in [4.78, 5) is 11.4. The molecule has 0 aliphatic heterocycles. The van der Waals surface area contributed by atoms with Gasteiger partial charge in [-0.15, -0.1) is 0 Å². The van der Waals surface area contributed by atoms with E-state index in [0.29, 0.717) is 25.9 Å². The van der Waals surface area contributed by atoms with E-state index >= 15 is 0 Å². The van der Waals surface area contributed by atoms with Gasteiger partial charge in [0.15, 0.2) is 5.78 Å². The maximum absolute atomic E-state index is 11.4. The molecule has 0 aliphatic carbocycles. The summed E-state index contributed by atoms with van der Waals surface area (Å²) in [5.74, 6) is 0.278. The molecule has 4 nitrogen and oxygen atoms in total. The van der Waals surface area contributed by atoms with Gasteiger partial charge in [-0.3, -0.25) is 4.79 Å². The van der Waals surface area contributed by atoms with Gasteiger partial charge in [-0.05, 0) is 6.42 Å². The minimum Gasteiger partial charge on any atom is -0.378 e. The number of hydrogen-bond acceptors (Lipinski definition) is 4. The molecule has 0 heterocycles. The zero-order valence-corrected chi connectivity index (χ0v) is 11.6. The van der Waals surface area contributed by atoms with Crippen LogP contribution in [0.5, 0.6) is 0 Å². The quantitative estimate of drug-likeness (QED) is 0.566. The van der Waals surface area contributed by atoms with Crippen LogP contribution >= 0.6 is 0 Å². The maximum Gasteiger partial charge on any atom is 0.161 e. The topological polar surface area (TPSA) is 47.6 Å². The third-order valence-electron chi connectivity index (χ3n) is 2.58. The van der Waals surface area contributed by atoms with Crippen LogP contribution in [-0.2, 0) is 14.3 Å². The fourth-order valence-corrected chi connectivity index (χ4v) is 1.18. The van der Waals surface area contributed by atoms with Crippen molar-refractivity contribution in [1.29, 1.82) is 0 Å². The van der Waals surface area contributed by atoms with Crippen molar-refractivity contribution in [3.05, 3.63) is 0 Å². The van der Waals surface area contributed by atoms with E-state index in [9.17, 15) is 4.79 Å². The molecule has 1 unspecified atom stereocenters. The largest absolute Gasteiger partial charge is 0.378 e. The Morgan fingerprint density at radius 2 is 1.82 bits per heavy atom. The van der Waals surface area contributed by atoms with Gasteiger partial charge in [0.1, 0.15) is 6.61 Å². The SMILES string of the molecule is CCC(C)C(=O)COCCOCCNC(C)C.[HH]. The van der Waals surface area contributed by atoms with E-state index in [1.54, 1.807) is 0 Å². The molecule has 0 aromatic heterocycles. The standard InChI is InChI=1S/C13H27NO3.H2/c1-5-12(4)13(15)10-17-9-8-16-7-6-14-11(2)3;/h11-12,14H,5-10H2,1-4H3;1H. The summed E-state index contributed by atoms with van der Waals surface area (Å²) in [6.45, 7) is 10.9. The van der Waals surface area contributed by atoms with Crippen LogP contribution in [0, 0.1) is 5.92 Å². The fourth-order valence-electron chi connectivity index (χ4n) is 1.18. The Morgan fingerprint density at radius 1 is 1.18 bits per heavy atom. The number of ether oxygens (including phenoxy) is 2. The number of nitrogens with one attached hydrogen (secondary N) is 1. The number of ketones is 1. The maximum atomic E-state index is 11.4. The molecule has 0 aromatic carbocycles. The Balaban J connectivity index is 0. The van der Waals surface area contributed by atoms with E-state index in [0.717, 1.165) is 13.0 Å². The van der Waals surface area contributed by atoms with E-state index in [1.807, 2.05) is 13.8 Å². The summed E-state index contributed by atoms with van der Waals surface area (Å²) in [6.07, 6.45) is 0.875. The monoisotopic (exact) mass is 247 g/mol. The van der Waals surface area contributed by atoms with Crippen LogP contribution in [0.4, 0.5) is 0 Å². The molecular formula is C13H29NO3. The summed E-state index contributed by atoms with van der Waals surface area (Å²) >= 11 is 0. The van der Waals surface area contributed by atoms with E-state index in [-0.39, 0.29) is 19.7 Å². The van der Waals surface area contributed by atoms with Crippen LogP contribution in [0.15, 0.2) is 0 Å². The van der Waals surface area contributed by atoms with Crippen molar-refractivity contribution in [2.75, 3.05) is 33.0 Å². The van der Waals surface area contributed by atoms with Gasteiger partial charge < -0.3 is 14.8 Å². The summed E-state index contributed by atoms with van der Waals surface area (Å²) in [5, 5.41) is 3.26. The summed E-state index contributed by atoms with van der Waals surface area (Å²) in [7, 11) is 0. The Morgan fingerprint density at radius 3 is 2.41 bits per heavy atom. The third-order valence-corrected chi connectivity index (χ3v) is 2.58. The molecule has 1 N–H and O–H groups in total. The van der Waals surface area contributed by atoms with E-state index in [2.05, 4.69) is 19.2 Å². The van der Waals surface area contributed by atoms with E-state index in [4.69, 9.17) is 9.47 Å². The summed E-state index contributed by atoms with van der Waals surface area (Å²) < 4.78 is 10.6. The van der Waals surface area contributed by atoms with Crippen LogP contribution in [0.1, 0.15) is 35.5 Å². The predicted octanol–water partition coefficient (Wildman–Crippen LogP) is 1.88. The van der Waals surface area contributed by atoms with Gasteiger partial charge in [0, 0.05) is 19.9 Å². The molecule has 0 rings (SSSR count). The molecule has 4 heteroatoms. The second kappa shape index (κ2) is 10.7. The van der Waals surface area contributed by atoms with Crippen molar-refractivity contribution in [2.45, 2.75) is 40.2 Å². The second-order valence-corrected chi connectivity index (χ2v) is 4.55. The van der Waals surface area contributed by atoms with Crippen LogP contribution in [-0.4, -0.2) is 44.8 Å². The number of carbonyl (C=O) groups is 1. The average Bonchev–Trinajstić information content (AvgIpc) is 2.30. The molecule has 104 valence electrons. The molecule has 0 spiro atoms. The molecule has 0 saturated heterocycles. The highest BCUT2D eigenvalue weighted by Crippen LogP contribution is 2.01. The lowest BCUT2D eigenvalue weighted by Crippen LogP contribution is -2.27. The molecular weight excluding hydrogens is 218 g/mol. The molecule has 0 aromatic rings. The lowest BCUT2D eigenvalue weighted by molar-refractivity contribution is -0.127. The molecule has 0 bridgehead atoms. The van der Waals surface area contributed by atoms with Gasteiger partial charge >= 0.3 is 0 Å². The van der Waals surface area contributed by atoms with Crippen molar-refractivity contribution < 1.29 is 15.7 Å². The van der Waals surface area contributed by atoms with Gasteiger partial charge in [-0.25, -0.2) is 0 Å². The highest BCUT2D eigenvalue weighted by Gasteiger charge is 2.09. The first kappa shape index (κ1) is 16.6. The fraction of sp³-hybridized carbons (Fsp3) is 0.923. The van der Waals surface area contributed by atoms with Crippen molar-refractivity contribution in [2.24, 2.45) is 5.92 Å². The second-order valence-electron chi connectivity index (χ2n) is 4.55. The minimum absolute atomic E-state index is 0. The number of rotatable bonds is 11. The minimum atomic E-state index is 0. The Labute approximate surface area is 107 Å². The van der Waals surface area contributed by atoms with Crippen molar-refractivity contribution in [3.8, 4) is 0 Å². The van der Waals surface area contributed by atoms with Crippen LogP contribution < -0.4 is 5.32 Å². The molecule has 1 atom stereocenters. The highest BCUT2D eigenvalue weighted by atomic mass is 16.5. The normalized spacial score (nSPS) is 13.0. The molecule has 0 aliphatic rings. The van der Waals surface area contributed by atoms with Gasteiger partial charge in [0.25, 0.3) is 0 Å². The van der Waals surface area contributed by atoms with Gasteiger partial charge in [0.05, 0.1) is 19.8 Å². The van der Waals surface area contributed by atoms with Crippen LogP contribution in [0.3, 0.4) is 0 Å². The van der Waals surface area contributed by atoms with Crippen LogP contribution in [0.25, 0.3) is 0 Å². The third kappa shape index (κ3) is 10.4. The van der Waals surface area contributed by atoms with Crippen LogP contribution in [0.2, 0.25) is 0 Å². The highest BCUT2D eigenvalue weighted by molar-refractivity contribution is 5.81. The molecule has 0 radical (unpaired) electrons. The Kier molecular flexibility index (Phi) is 10.4. The first-order valence-corrected chi connectivity index (χ1v) is 6.49. The van der Waals surface area contributed by atoms with Crippen molar-refractivity contribution in [1.82, 2.24) is 5.32 Å². The van der Waals surface area contributed by atoms with E-state index in [1.165, 1.54) is 0 Å². The Bertz CT molecular complexity index is 201. The van der Waals surface area contributed by atoms with Gasteiger partial charge in [0.2, 0.25) is 0 Å². The number of Topliss-reactive ketones (excluding diaryl/α,β-unsaturated/α-hetero) is 1. The molecule has 0 amide bonds. The van der Waals surface area contributed by atoms with Crippen molar-refractivity contribution >= 4 is 5.78 Å². The molecule has 0 fully saturated rings. The Hall–Kier alpha value is -0.450. The smallest absolute Gasteiger partial charge is 0.161 e. The predicted molar refractivity (Wildman–Crippen MR) is 71.4 cm³/mol. The van der Waals surface area contributed by atoms with E-state index < -0.39 is 0 Å². The average molecular weight is 247 g/mol. The lowest BCUT2D eigenvalue weighted by atomic mass is 10.1. The zero-order valence-electron chi connectivity index (χ0n) is 11.6. The zero-order chi connectivity index (χ0) is 13.1. The number of carbonyl (C=O) groups excluding carboxylic acids is 1. The summed E-state index contributed by atoms with van der Waals surface area (Å²) in [5.41, 5.74) is 0. The lowest BCUT2D eigenvalue weighted by Gasteiger charge is -2.10. The molecule has 17 heavy (non-hydrogen) atoms. The first-order chi connectivity index (χ1) is 8.07. The van der Waals surface area contributed by atoms with Gasteiger partial charge in [-0.2, -0.15) is 0 Å². The first-order valence-electron chi connectivity index (χ1n) is 6.49. The van der Waals surface area contributed by atoms with Crippen molar-refractivity contribution in [3.63, 3.8) is 0 Å². The number of hydrogen-bond donors (Lipinski definition) is 1. The van der Waals surface area contributed by atoms with Gasteiger partial charge in [-0.1, -0.05) is 27.7 Å².